The van der Waals surface area contributed by atoms with Crippen LogP contribution in [0.15, 0.2) is 54.7 Å². The lowest BCUT2D eigenvalue weighted by atomic mass is 9.94. The highest BCUT2D eigenvalue weighted by Gasteiger charge is 2.11. The smallest absolute Gasteiger partial charge is 0.0786 e. The largest absolute Gasteiger partial charge is 0.256 e. The maximum absolute atomic E-state index is 4.76. The Morgan fingerprint density at radius 3 is 2.08 bits per heavy atom. The first-order chi connectivity index (χ1) is 11.5. The first-order valence-corrected chi connectivity index (χ1v) is 8.40. The van der Waals surface area contributed by atoms with Gasteiger partial charge in [-0.2, -0.15) is 0 Å². The molecule has 1 nitrogen and oxygen atoms in total. The van der Waals surface area contributed by atoms with E-state index >= 15 is 0 Å². The van der Waals surface area contributed by atoms with Crippen molar-refractivity contribution in [3.05, 3.63) is 77.0 Å². The van der Waals surface area contributed by atoms with Gasteiger partial charge in [0.25, 0.3) is 0 Å². The summed E-state index contributed by atoms with van der Waals surface area (Å²) in [6.07, 6.45) is 1.92. The molecule has 0 bridgehead atoms. The highest BCUT2D eigenvalue weighted by Crippen LogP contribution is 2.34. The van der Waals surface area contributed by atoms with Crippen LogP contribution in [0.5, 0.6) is 0 Å². The van der Waals surface area contributed by atoms with Crippen LogP contribution in [-0.4, -0.2) is 4.98 Å². The average Bonchev–Trinajstić information content (AvgIpc) is 2.54. The second kappa shape index (κ2) is 5.45. The molecule has 4 aromatic rings. The second-order valence-electron chi connectivity index (χ2n) is 6.86. The number of hydrogen-bond acceptors (Lipinski definition) is 1. The molecule has 0 atom stereocenters. The summed E-state index contributed by atoms with van der Waals surface area (Å²) in [5.41, 5.74) is 7.48. The van der Waals surface area contributed by atoms with Crippen molar-refractivity contribution < 1.29 is 0 Å². The van der Waals surface area contributed by atoms with Gasteiger partial charge in [-0.3, -0.25) is 4.98 Å². The van der Waals surface area contributed by atoms with Gasteiger partial charge in [0.1, 0.15) is 0 Å². The maximum Gasteiger partial charge on any atom is 0.0786 e. The Hall–Kier alpha value is -2.67. The van der Waals surface area contributed by atoms with Crippen LogP contribution in [0.25, 0.3) is 32.8 Å². The SMILES string of the molecule is Cc1cc(C)cc(-c2nccc3ccc4cc(C)c(C)cc4c23)c1. The van der Waals surface area contributed by atoms with Gasteiger partial charge in [-0.05, 0) is 73.2 Å². The molecule has 0 amide bonds. The lowest BCUT2D eigenvalue weighted by molar-refractivity contribution is 1.32. The van der Waals surface area contributed by atoms with Gasteiger partial charge >= 0.3 is 0 Å². The Morgan fingerprint density at radius 2 is 1.33 bits per heavy atom. The van der Waals surface area contributed by atoms with E-state index in [0.717, 1.165) is 5.69 Å². The van der Waals surface area contributed by atoms with E-state index in [9.17, 15) is 0 Å². The molecular formula is C23H21N. The van der Waals surface area contributed by atoms with E-state index in [2.05, 4.69) is 76.2 Å². The Labute approximate surface area is 143 Å². The zero-order chi connectivity index (χ0) is 16.8. The third-order valence-corrected chi connectivity index (χ3v) is 4.86. The van der Waals surface area contributed by atoms with Crippen molar-refractivity contribution in [3.63, 3.8) is 0 Å². The van der Waals surface area contributed by atoms with Crippen LogP contribution < -0.4 is 0 Å². The minimum Gasteiger partial charge on any atom is -0.256 e. The predicted octanol–water partition coefficient (Wildman–Crippen LogP) is 6.29. The van der Waals surface area contributed by atoms with E-state index in [1.54, 1.807) is 0 Å². The molecule has 1 aromatic heterocycles. The van der Waals surface area contributed by atoms with Gasteiger partial charge in [0.2, 0.25) is 0 Å². The Kier molecular flexibility index (Phi) is 3.38. The number of rotatable bonds is 1. The van der Waals surface area contributed by atoms with Gasteiger partial charge in [0, 0.05) is 17.1 Å². The minimum atomic E-state index is 1.08. The molecule has 0 aliphatic carbocycles. The number of aromatic nitrogens is 1. The number of fused-ring (bicyclic) bond motifs is 3. The normalized spacial score (nSPS) is 11.3. The third-order valence-electron chi connectivity index (χ3n) is 4.86. The summed E-state index contributed by atoms with van der Waals surface area (Å²) >= 11 is 0. The molecule has 0 saturated heterocycles. The number of aryl methyl sites for hydroxylation is 4. The fourth-order valence-electron chi connectivity index (χ4n) is 3.60. The molecule has 0 spiro atoms. The molecule has 0 unspecified atom stereocenters. The van der Waals surface area contributed by atoms with Crippen molar-refractivity contribution in [2.45, 2.75) is 27.7 Å². The monoisotopic (exact) mass is 311 g/mol. The Bertz CT molecular complexity index is 1070. The van der Waals surface area contributed by atoms with Crippen molar-refractivity contribution in [2.24, 2.45) is 0 Å². The van der Waals surface area contributed by atoms with E-state index in [0.29, 0.717) is 0 Å². The van der Waals surface area contributed by atoms with E-state index in [1.807, 2.05) is 6.20 Å². The summed E-state index contributed by atoms with van der Waals surface area (Å²) in [6.45, 7) is 8.65. The number of nitrogens with zero attached hydrogens (tertiary/aromatic N) is 1. The van der Waals surface area contributed by atoms with Crippen LogP contribution in [-0.2, 0) is 0 Å². The van der Waals surface area contributed by atoms with Crippen molar-refractivity contribution in [1.82, 2.24) is 4.98 Å². The number of pyridine rings is 1. The van der Waals surface area contributed by atoms with Crippen LogP contribution in [0.3, 0.4) is 0 Å². The summed E-state index contributed by atoms with van der Waals surface area (Å²) in [6, 6.07) is 17.8. The molecule has 4 rings (SSSR count). The van der Waals surface area contributed by atoms with E-state index < -0.39 is 0 Å². The van der Waals surface area contributed by atoms with Gasteiger partial charge in [0.15, 0.2) is 0 Å². The quantitative estimate of drug-likeness (QED) is 0.376. The van der Waals surface area contributed by atoms with Crippen LogP contribution in [0.2, 0.25) is 0 Å². The molecule has 0 N–H and O–H groups in total. The van der Waals surface area contributed by atoms with Crippen LogP contribution in [0.1, 0.15) is 22.3 Å². The maximum atomic E-state index is 4.76. The summed E-state index contributed by atoms with van der Waals surface area (Å²) in [7, 11) is 0. The molecule has 118 valence electrons. The summed E-state index contributed by atoms with van der Waals surface area (Å²) in [5.74, 6) is 0. The van der Waals surface area contributed by atoms with Crippen molar-refractivity contribution in [3.8, 4) is 11.3 Å². The van der Waals surface area contributed by atoms with Crippen molar-refractivity contribution in [1.29, 1.82) is 0 Å². The molecule has 0 aliphatic heterocycles. The van der Waals surface area contributed by atoms with Gasteiger partial charge in [-0.1, -0.05) is 41.5 Å². The lowest BCUT2D eigenvalue weighted by Crippen LogP contribution is -1.91. The molecular weight excluding hydrogens is 290 g/mol. The number of benzene rings is 3. The van der Waals surface area contributed by atoms with Crippen LogP contribution >= 0.6 is 0 Å². The van der Waals surface area contributed by atoms with E-state index in [1.165, 1.54) is 49.4 Å². The highest BCUT2D eigenvalue weighted by molar-refractivity contribution is 6.13. The molecule has 0 aliphatic rings. The van der Waals surface area contributed by atoms with Crippen molar-refractivity contribution >= 4 is 21.5 Å². The highest BCUT2D eigenvalue weighted by atomic mass is 14.7. The van der Waals surface area contributed by atoms with Crippen LogP contribution in [0, 0.1) is 27.7 Å². The number of hydrogen-bond donors (Lipinski definition) is 0. The Morgan fingerprint density at radius 1 is 0.667 bits per heavy atom. The summed E-state index contributed by atoms with van der Waals surface area (Å²) in [4.78, 5) is 4.76. The van der Waals surface area contributed by atoms with Gasteiger partial charge in [0.05, 0.1) is 5.69 Å². The molecule has 3 aromatic carbocycles. The molecule has 24 heavy (non-hydrogen) atoms. The topological polar surface area (TPSA) is 12.9 Å². The molecule has 1 heterocycles. The van der Waals surface area contributed by atoms with Gasteiger partial charge < -0.3 is 0 Å². The molecule has 1 heteroatoms. The molecule has 0 fully saturated rings. The second-order valence-corrected chi connectivity index (χ2v) is 6.86. The summed E-state index contributed by atoms with van der Waals surface area (Å²) in [5, 5.41) is 5.07. The van der Waals surface area contributed by atoms with Crippen molar-refractivity contribution in [2.75, 3.05) is 0 Å². The van der Waals surface area contributed by atoms with Crippen LogP contribution in [0.4, 0.5) is 0 Å². The zero-order valence-electron chi connectivity index (χ0n) is 14.6. The molecule has 0 saturated carbocycles. The standard InChI is InChI=1S/C23H21N/c1-14-9-15(2)11-20(10-14)23-22-18(7-8-24-23)5-6-19-12-16(3)17(4)13-21(19)22/h5-13H,1-4H3. The predicted molar refractivity (Wildman–Crippen MR) is 104 cm³/mol. The lowest BCUT2D eigenvalue weighted by Gasteiger charge is -2.12. The summed E-state index contributed by atoms with van der Waals surface area (Å²) < 4.78 is 0. The minimum absolute atomic E-state index is 1.08. The fraction of sp³-hybridized carbons (Fsp3) is 0.174. The molecule has 0 radical (unpaired) electrons. The Balaban J connectivity index is 2.16. The van der Waals surface area contributed by atoms with E-state index in [-0.39, 0.29) is 0 Å². The fourth-order valence-corrected chi connectivity index (χ4v) is 3.60. The third kappa shape index (κ3) is 2.37. The van der Waals surface area contributed by atoms with E-state index in [4.69, 9.17) is 4.98 Å². The van der Waals surface area contributed by atoms with Gasteiger partial charge in [-0.25, -0.2) is 0 Å². The van der Waals surface area contributed by atoms with Gasteiger partial charge in [-0.15, -0.1) is 0 Å². The first kappa shape index (κ1) is 14.9. The first-order valence-electron chi connectivity index (χ1n) is 8.40. The zero-order valence-corrected chi connectivity index (χ0v) is 14.6. The average molecular weight is 311 g/mol.